The molecule has 0 unspecified atom stereocenters. The molecule has 25 heavy (non-hydrogen) atoms. The van der Waals surface area contributed by atoms with Gasteiger partial charge in [0.05, 0.1) is 6.26 Å². The Hall–Kier alpha value is -2.76. The molecule has 3 rings (SSSR count). The third kappa shape index (κ3) is 3.84. The van der Waals surface area contributed by atoms with Gasteiger partial charge in [-0.25, -0.2) is 0 Å². The van der Waals surface area contributed by atoms with Gasteiger partial charge in [-0.2, -0.15) is 0 Å². The first kappa shape index (κ1) is 17.1. The Balaban J connectivity index is 1.50. The third-order valence-corrected chi connectivity index (χ3v) is 4.56. The van der Waals surface area contributed by atoms with E-state index in [9.17, 15) is 9.59 Å². The number of ether oxygens (including phenoxy) is 1. The fourth-order valence-electron chi connectivity index (χ4n) is 2.83. The van der Waals surface area contributed by atoms with Crippen LogP contribution >= 0.6 is 0 Å². The van der Waals surface area contributed by atoms with E-state index in [4.69, 9.17) is 9.15 Å². The molecule has 0 atom stereocenters. The van der Waals surface area contributed by atoms with Gasteiger partial charge >= 0.3 is 0 Å². The molecule has 1 aromatic carbocycles. The lowest BCUT2D eigenvalue weighted by Crippen LogP contribution is -2.51. The van der Waals surface area contributed by atoms with E-state index in [0.717, 1.165) is 16.9 Å². The molecule has 1 aliphatic rings. The topological polar surface area (TPSA) is 63.0 Å². The Labute approximate surface area is 147 Å². The van der Waals surface area contributed by atoms with Gasteiger partial charge in [-0.3, -0.25) is 9.59 Å². The molecule has 132 valence electrons. The van der Waals surface area contributed by atoms with E-state index in [1.165, 1.54) is 6.26 Å². The van der Waals surface area contributed by atoms with Crippen LogP contribution in [0.4, 0.5) is 0 Å². The van der Waals surface area contributed by atoms with E-state index < -0.39 is 0 Å². The Morgan fingerprint density at radius 3 is 2.44 bits per heavy atom. The van der Waals surface area contributed by atoms with Crippen LogP contribution in [-0.4, -0.2) is 54.4 Å². The van der Waals surface area contributed by atoms with Crippen molar-refractivity contribution in [3.05, 3.63) is 53.5 Å². The molecule has 0 radical (unpaired) electrons. The van der Waals surface area contributed by atoms with Crippen LogP contribution < -0.4 is 4.74 Å². The summed E-state index contributed by atoms with van der Waals surface area (Å²) in [6, 6.07) is 9.14. The lowest BCUT2D eigenvalue weighted by molar-refractivity contribution is -0.134. The number of piperazine rings is 1. The van der Waals surface area contributed by atoms with Gasteiger partial charge in [0, 0.05) is 26.2 Å². The number of rotatable bonds is 4. The van der Waals surface area contributed by atoms with E-state index in [0.29, 0.717) is 31.9 Å². The second-order valence-electron chi connectivity index (χ2n) is 6.14. The van der Waals surface area contributed by atoms with Crippen molar-refractivity contribution in [2.24, 2.45) is 0 Å². The van der Waals surface area contributed by atoms with Crippen LogP contribution in [0, 0.1) is 13.8 Å². The van der Waals surface area contributed by atoms with Crippen molar-refractivity contribution in [3.63, 3.8) is 0 Å². The zero-order valence-corrected chi connectivity index (χ0v) is 14.5. The van der Waals surface area contributed by atoms with Gasteiger partial charge in [0.2, 0.25) is 0 Å². The maximum absolute atomic E-state index is 12.4. The fourth-order valence-corrected chi connectivity index (χ4v) is 2.83. The Morgan fingerprint density at radius 2 is 1.76 bits per heavy atom. The number of aryl methyl sites for hydroxylation is 1. The first-order chi connectivity index (χ1) is 12.1. The molecule has 6 nitrogen and oxygen atoms in total. The first-order valence-corrected chi connectivity index (χ1v) is 8.36. The SMILES string of the molecule is Cc1cccc(OCC(=O)N2CCN(C(=O)c3ccco3)CC2)c1C. The van der Waals surface area contributed by atoms with E-state index >= 15 is 0 Å². The molecule has 1 saturated heterocycles. The summed E-state index contributed by atoms with van der Waals surface area (Å²) in [5.41, 5.74) is 2.18. The van der Waals surface area contributed by atoms with Crippen LogP contribution in [0.3, 0.4) is 0 Å². The highest BCUT2D eigenvalue weighted by molar-refractivity contribution is 5.91. The van der Waals surface area contributed by atoms with Crippen molar-refractivity contribution in [2.75, 3.05) is 32.8 Å². The molecule has 0 N–H and O–H groups in total. The average Bonchev–Trinajstić information content (AvgIpc) is 3.17. The fraction of sp³-hybridized carbons (Fsp3) is 0.368. The standard InChI is InChI=1S/C19H22N2O4/c1-14-5-3-6-16(15(14)2)25-13-18(22)20-8-10-21(11-9-20)19(23)17-7-4-12-24-17/h3-7,12H,8-11,13H2,1-2H3. The summed E-state index contributed by atoms with van der Waals surface area (Å²) < 4.78 is 10.8. The summed E-state index contributed by atoms with van der Waals surface area (Å²) in [7, 11) is 0. The van der Waals surface area contributed by atoms with E-state index in [1.54, 1.807) is 21.9 Å². The van der Waals surface area contributed by atoms with Crippen molar-refractivity contribution in [2.45, 2.75) is 13.8 Å². The third-order valence-electron chi connectivity index (χ3n) is 4.56. The van der Waals surface area contributed by atoms with Crippen LogP contribution in [0.15, 0.2) is 41.0 Å². The zero-order chi connectivity index (χ0) is 17.8. The Kier molecular flexibility index (Phi) is 5.07. The minimum absolute atomic E-state index is 0.0103. The minimum atomic E-state index is -0.135. The maximum atomic E-state index is 12.4. The van der Waals surface area contributed by atoms with Crippen molar-refractivity contribution < 1.29 is 18.7 Å². The molecular formula is C19H22N2O4. The smallest absolute Gasteiger partial charge is 0.289 e. The number of furan rings is 1. The predicted molar refractivity (Wildman–Crippen MR) is 92.6 cm³/mol. The largest absolute Gasteiger partial charge is 0.483 e. The van der Waals surface area contributed by atoms with Crippen LogP contribution in [0.5, 0.6) is 5.75 Å². The minimum Gasteiger partial charge on any atom is -0.483 e. The van der Waals surface area contributed by atoms with Gasteiger partial charge in [0.25, 0.3) is 11.8 Å². The molecule has 1 aromatic heterocycles. The number of carbonyl (C=O) groups is 2. The van der Waals surface area contributed by atoms with Gasteiger partial charge in [-0.15, -0.1) is 0 Å². The van der Waals surface area contributed by atoms with Crippen LogP contribution in [0.25, 0.3) is 0 Å². The van der Waals surface area contributed by atoms with Crippen LogP contribution in [0.1, 0.15) is 21.7 Å². The zero-order valence-electron chi connectivity index (χ0n) is 14.5. The summed E-state index contributed by atoms with van der Waals surface area (Å²) in [6.07, 6.45) is 1.48. The van der Waals surface area contributed by atoms with Gasteiger partial charge < -0.3 is 19.0 Å². The molecule has 1 aliphatic heterocycles. The van der Waals surface area contributed by atoms with Gasteiger partial charge in [0.1, 0.15) is 5.75 Å². The number of benzene rings is 1. The molecule has 2 amide bonds. The Morgan fingerprint density at radius 1 is 1.04 bits per heavy atom. The summed E-state index contributed by atoms with van der Waals surface area (Å²) in [5, 5.41) is 0. The van der Waals surface area contributed by atoms with Crippen molar-refractivity contribution >= 4 is 11.8 Å². The molecular weight excluding hydrogens is 320 g/mol. The lowest BCUT2D eigenvalue weighted by Gasteiger charge is -2.34. The summed E-state index contributed by atoms with van der Waals surface area (Å²) >= 11 is 0. The lowest BCUT2D eigenvalue weighted by atomic mass is 10.1. The molecule has 0 aliphatic carbocycles. The molecule has 2 heterocycles. The maximum Gasteiger partial charge on any atom is 0.289 e. The monoisotopic (exact) mass is 342 g/mol. The normalized spacial score (nSPS) is 14.5. The number of amides is 2. The van der Waals surface area contributed by atoms with Gasteiger partial charge in [-0.1, -0.05) is 12.1 Å². The van der Waals surface area contributed by atoms with Crippen molar-refractivity contribution in [3.8, 4) is 5.75 Å². The van der Waals surface area contributed by atoms with Gasteiger partial charge in [-0.05, 0) is 43.2 Å². The highest BCUT2D eigenvalue weighted by atomic mass is 16.5. The quantitative estimate of drug-likeness (QED) is 0.855. The highest BCUT2D eigenvalue weighted by Crippen LogP contribution is 2.20. The second-order valence-corrected chi connectivity index (χ2v) is 6.14. The van der Waals surface area contributed by atoms with Gasteiger partial charge in [0.15, 0.2) is 12.4 Å². The number of hydrogen-bond donors (Lipinski definition) is 0. The molecule has 2 aromatic rings. The molecule has 6 heteroatoms. The number of nitrogens with zero attached hydrogens (tertiary/aromatic N) is 2. The molecule has 0 saturated carbocycles. The summed E-state index contributed by atoms with van der Waals surface area (Å²) in [6.45, 7) is 6.00. The highest BCUT2D eigenvalue weighted by Gasteiger charge is 2.26. The van der Waals surface area contributed by atoms with E-state index in [2.05, 4.69) is 0 Å². The van der Waals surface area contributed by atoms with Crippen molar-refractivity contribution in [1.29, 1.82) is 0 Å². The average molecular weight is 342 g/mol. The van der Waals surface area contributed by atoms with Crippen LogP contribution in [-0.2, 0) is 4.79 Å². The first-order valence-electron chi connectivity index (χ1n) is 8.36. The predicted octanol–water partition coefficient (Wildman–Crippen LogP) is 2.26. The van der Waals surface area contributed by atoms with Crippen LogP contribution in [0.2, 0.25) is 0 Å². The van der Waals surface area contributed by atoms with E-state index in [1.807, 2.05) is 32.0 Å². The van der Waals surface area contributed by atoms with Crippen molar-refractivity contribution in [1.82, 2.24) is 9.80 Å². The molecule has 0 spiro atoms. The number of carbonyl (C=O) groups excluding carboxylic acids is 2. The summed E-state index contributed by atoms with van der Waals surface area (Å²) in [4.78, 5) is 28.0. The Bertz CT molecular complexity index is 747. The molecule has 1 fully saturated rings. The molecule has 0 bridgehead atoms. The number of hydrogen-bond acceptors (Lipinski definition) is 4. The van der Waals surface area contributed by atoms with E-state index in [-0.39, 0.29) is 18.4 Å². The summed E-state index contributed by atoms with van der Waals surface area (Å²) in [5.74, 6) is 0.868. The second kappa shape index (κ2) is 7.42.